The van der Waals surface area contributed by atoms with E-state index >= 15 is 0 Å². The van der Waals surface area contributed by atoms with Gasteiger partial charge in [0, 0.05) is 0 Å². The van der Waals surface area contributed by atoms with Crippen molar-refractivity contribution < 1.29 is 4.39 Å². The number of H-pyrrole nitrogens is 1. The highest BCUT2D eigenvalue weighted by atomic mass is 19.1. The fourth-order valence-corrected chi connectivity index (χ4v) is 1.55. The van der Waals surface area contributed by atoms with Gasteiger partial charge in [-0.25, -0.2) is 4.39 Å². The summed E-state index contributed by atoms with van der Waals surface area (Å²) in [5, 5.41) is 7.95. The lowest BCUT2D eigenvalue weighted by atomic mass is 10.3. The molecule has 1 aliphatic rings. The predicted octanol–water partition coefficient (Wildman–Crippen LogP) is 1.30. The number of nitrogens with two attached hydrogens (primary N) is 1. The van der Waals surface area contributed by atoms with Crippen LogP contribution >= 0.6 is 0 Å². The van der Waals surface area contributed by atoms with Crippen LogP contribution in [-0.2, 0) is 0 Å². The maximum atomic E-state index is 13.5. The first-order valence-electron chi connectivity index (χ1n) is 4.67. The van der Waals surface area contributed by atoms with Crippen molar-refractivity contribution in [2.75, 3.05) is 21.7 Å². The minimum atomic E-state index is -0.338. The molecule has 0 aliphatic carbocycles. The van der Waals surface area contributed by atoms with E-state index in [4.69, 9.17) is 5.73 Å². The quantitative estimate of drug-likeness (QED) is 0.582. The molecule has 0 saturated carbocycles. The summed E-state index contributed by atoms with van der Waals surface area (Å²) < 4.78 is 13.5. The van der Waals surface area contributed by atoms with Gasteiger partial charge in [0.1, 0.15) is 17.2 Å². The molecule has 16 heavy (non-hydrogen) atoms. The molecule has 0 radical (unpaired) electrons. The second kappa shape index (κ2) is 3.02. The van der Waals surface area contributed by atoms with E-state index in [0.717, 1.165) is 0 Å². The van der Waals surface area contributed by atoms with Crippen molar-refractivity contribution in [3.8, 4) is 0 Å². The fraction of sp³-hybridized carbons (Fsp3) is 0. The molecule has 5 N–H and O–H groups in total. The largest absolute Gasteiger partial charge is 0.382 e. The summed E-state index contributed by atoms with van der Waals surface area (Å²) in [6, 6.07) is 6.39. The topological polar surface area (TPSA) is 82.0 Å². The van der Waals surface area contributed by atoms with E-state index in [2.05, 4.69) is 21.0 Å². The minimum absolute atomic E-state index is 0.338. The Labute approximate surface area is 90.2 Å². The second-order valence-electron chi connectivity index (χ2n) is 3.37. The third-order valence-electron chi connectivity index (χ3n) is 2.33. The van der Waals surface area contributed by atoms with Crippen LogP contribution in [0.1, 0.15) is 0 Å². The van der Waals surface area contributed by atoms with Gasteiger partial charge in [-0.1, -0.05) is 12.1 Å². The van der Waals surface area contributed by atoms with Crippen molar-refractivity contribution in [3.05, 3.63) is 30.1 Å². The number of aromatic amines is 1. The van der Waals surface area contributed by atoms with Crippen LogP contribution in [0.5, 0.6) is 0 Å². The number of nitrogen functional groups attached to an aromatic ring is 1. The molecule has 0 saturated heterocycles. The van der Waals surface area contributed by atoms with E-state index in [1.807, 2.05) is 0 Å². The number of fused-ring (bicyclic) bond motifs is 1. The normalized spacial score (nSPS) is 13.2. The van der Waals surface area contributed by atoms with Crippen molar-refractivity contribution in [1.82, 2.24) is 10.2 Å². The second-order valence-corrected chi connectivity index (χ2v) is 3.37. The summed E-state index contributed by atoms with van der Waals surface area (Å²) in [6.07, 6.45) is 0. The molecule has 2 heterocycles. The van der Waals surface area contributed by atoms with Gasteiger partial charge in [-0.15, -0.1) is 0 Å². The Bertz CT molecular complexity index is 537. The minimum Gasteiger partial charge on any atom is -0.382 e. The number of anilines is 4. The molecule has 0 fully saturated rings. The monoisotopic (exact) mass is 220 g/mol. The first-order chi connectivity index (χ1) is 7.75. The molecule has 1 aliphatic heterocycles. The van der Waals surface area contributed by atoms with E-state index < -0.39 is 0 Å². The van der Waals surface area contributed by atoms with Gasteiger partial charge >= 0.3 is 0 Å². The van der Waals surface area contributed by atoms with Crippen molar-refractivity contribution in [3.63, 3.8) is 0 Å². The standard InChI is InChI=1S/C9H9FN6/c10-5-3-1-2-4-6(5)16-14-7-8(11)12-13-9(7)15-16/h1-4,14H,(H4,11,12,13,15). The molecule has 1 aromatic carbocycles. The molecule has 7 heteroatoms. The van der Waals surface area contributed by atoms with Crippen LogP contribution in [0, 0.1) is 5.82 Å². The van der Waals surface area contributed by atoms with Crippen LogP contribution in [0.4, 0.5) is 27.4 Å². The average Bonchev–Trinajstić information content (AvgIpc) is 2.82. The zero-order valence-electron chi connectivity index (χ0n) is 8.16. The Morgan fingerprint density at radius 3 is 2.81 bits per heavy atom. The Kier molecular flexibility index (Phi) is 1.67. The van der Waals surface area contributed by atoms with Gasteiger partial charge in [0.15, 0.2) is 11.6 Å². The SMILES string of the molecule is Nc1[nH]nc2c1NN(c1ccccc1F)N2. The lowest BCUT2D eigenvalue weighted by Gasteiger charge is -2.19. The van der Waals surface area contributed by atoms with E-state index in [1.54, 1.807) is 18.2 Å². The molecular weight excluding hydrogens is 211 g/mol. The van der Waals surface area contributed by atoms with Gasteiger partial charge in [-0.3, -0.25) is 16.0 Å². The van der Waals surface area contributed by atoms with Crippen molar-refractivity contribution in [2.45, 2.75) is 0 Å². The summed E-state index contributed by atoms with van der Waals surface area (Å²) >= 11 is 0. The van der Waals surface area contributed by atoms with Crippen LogP contribution in [0.25, 0.3) is 0 Å². The highest BCUT2D eigenvalue weighted by Crippen LogP contribution is 2.33. The average molecular weight is 220 g/mol. The lowest BCUT2D eigenvalue weighted by molar-refractivity contribution is 0.626. The zero-order valence-corrected chi connectivity index (χ0v) is 8.16. The molecule has 0 amide bonds. The molecule has 2 aromatic rings. The number of rotatable bonds is 1. The van der Waals surface area contributed by atoms with Gasteiger partial charge in [-0.05, 0) is 12.1 Å². The van der Waals surface area contributed by atoms with Crippen LogP contribution in [-0.4, -0.2) is 10.2 Å². The van der Waals surface area contributed by atoms with Crippen LogP contribution in [0.2, 0.25) is 0 Å². The summed E-state index contributed by atoms with van der Waals surface area (Å²) in [6.45, 7) is 0. The van der Waals surface area contributed by atoms with Crippen LogP contribution < -0.4 is 21.7 Å². The fourth-order valence-electron chi connectivity index (χ4n) is 1.55. The molecule has 1 aromatic heterocycles. The summed E-state index contributed by atoms with van der Waals surface area (Å²) in [5.74, 6) is 0.609. The molecule has 0 bridgehead atoms. The van der Waals surface area contributed by atoms with Gasteiger partial charge in [0.05, 0.1) is 0 Å². The highest BCUT2D eigenvalue weighted by molar-refractivity contribution is 5.83. The van der Waals surface area contributed by atoms with E-state index in [1.165, 1.54) is 11.2 Å². The van der Waals surface area contributed by atoms with E-state index in [-0.39, 0.29) is 5.82 Å². The number of benzene rings is 1. The number of halogens is 1. The van der Waals surface area contributed by atoms with E-state index in [0.29, 0.717) is 23.0 Å². The Hall–Kier alpha value is -2.44. The number of aromatic nitrogens is 2. The highest BCUT2D eigenvalue weighted by Gasteiger charge is 2.24. The molecule has 3 rings (SSSR count). The van der Waals surface area contributed by atoms with Crippen molar-refractivity contribution >= 4 is 23.0 Å². The summed E-state index contributed by atoms with van der Waals surface area (Å²) in [4.78, 5) is 0. The number of nitrogens with zero attached hydrogens (tertiary/aromatic N) is 2. The van der Waals surface area contributed by atoms with Crippen molar-refractivity contribution in [2.24, 2.45) is 0 Å². The third kappa shape index (κ3) is 1.14. The molecular formula is C9H9FN6. The Morgan fingerprint density at radius 2 is 2.06 bits per heavy atom. The van der Waals surface area contributed by atoms with Gasteiger partial charge in [0.2, 0.25) is 0 Å². The number of hydrogen-bond acceptors (Lipinski definition) is 5. The molecule has 6 nitrogen and oxygen atoms in total. The van der Waals surface area contributed by atoms with Gasteiger partial charge < -0.3 is 5.73 Å². The Balaban J connectivity index is 1.94. The molecule has 0 atom stereocenters. The zero-order chi connectivity index (χ0) is 11.1. The van der Waals surface area contributed by atoms with Crippen LogP contribution in [0.3, 0.4) is 0 Å². The maximum Gasteiger partial charge on any atom is 0.195 e. The van der Waals surface area contributed by atoms with Crippen molar-refractivity contribution in [1.29, 1.82) is 0 Å². The van der Waals surface area contributed by atoms with Crippen LogP contribution in [0.15, 0.2) is 24.3 Å². The first-order valence-corrected chi connectivity index (χ1v) is 4.67. The maximum absolute atomic E-state index is 13.5. The van der Waals surface area contributed by atoms with Gasteiger partial charge in [0.25, 0.3) is 0 Å². The van der Waals surface area contributed by atoms with Gasteiger partial charge in [-0.2, -0.15) is 10.2 Å². The number of hydrazine groups is 2. The van der Waals surface area contributed by atoms with E-state index in [9.17, 15) is 4.39 Å². The number of para-hydroxylation sites is 1. The molecule has 0 unspecified atom stereocenters. The summed E-state index contributed by atoms with van der Waals surface area (Å²) in [5.41, 5.74) is 12.4. The molecule has 0 spiro atoms. The first kappa shape index (κ1) is 8.84. The molecule has 82 valence electrons. The number of hydrogen-bond donors (Lipinski definition) is 4. The Morgan fingerprint density at radius 1 is 1.25 bits per heavy atom. The number of nitrogens with one attached hydrogen (secondary N) is 3. The summed E-state index contributed by atoms with van der Waals surface area (Å²) in [7, 11) is 0. The lowest BCUT2D eigenvalue weighted by Crippen LogP contribution is -2.30. The predicted molar refractivity (Wildman–Crippen MR) is 59.1 cm³/mol. The smallest absolute Gasteiger partial charge is 0.195 e. The third-order valence-corrected chi connectivity index (χ3v) is 2.33.